The predicted molar refractivity (Wildman–Crippen MR) is 256 cm³/mol. The van der Waals surface area contributed by atoms with Gasteiger partial charge in [0.2, 0.25) is 5.95 Å². The molecule has 3 heterocycles. The van der Waals surface area contributed by atoms with Gasteiger partial charge in [-0.25, -0.2) is 4.98 Å². The Morgan fingerprint density at radius 2 is 0.774 bits per heavy atom. The van der Waals surface area contributed by atoms with E-state index >= 15 is 0 Å². The van der Waals surface area contributed by atoms with Crippen molar-refractivity contribution >= 4 is 43.6 Å². The van der Waals surface area contributed by atoms with Crippen molar-refractivity contribution in [1.29, 1.82) is 0 Å². The van der Waals surface area contributed by atoms with Gasteiger partial charge in [0.05, 0.1) is 27.8 Å². The van der Waals surface area contributed by atoms with E-state index in [1.807, 2.05) is 6.07 Å². The van der Waals surface area contributed by atoms with Gasteiger partial charge in [0, 0.05) is 32.7 Å². The second kappa shape index (κ2) is 14.7. The minimum atomic E-state index is 0.558. The number of para-hydroxylation sites is 4. The minimum Gasteiger partial charge on any atom is -0.308 e. The molecule has 0 aliphatic carbocycles. The molecule has 9 aromatic carbocycles. The molecule has 0 spiro atoms. The highest BCUT2D eigenvalue weighted by Crippen LogP contribution is 2.43. The summed E-state index contributed by atoms with van der Waals surface area (Å²) >= 11 is 0. The summed E-state index contributed by atoms with van der Waals surface area (Å²) in [4.78, 5) is 16.2. The zero-order valence-corrected chi connectivity index (χ0v) is 33.6. The fourth-order valence-corrected chi connectivity index (χ4v) is 9.18. The molecule has 62 heavy (non-hydrogen) atoms. The smallest absolute Gasteiger partial charge is 0.238 e. The first-order valence-electron chi connectivity index (χ1n) is 21.0. The second-order valence-corrected chi connectivity index (χ2v) is 15.6. The summed E-state index contributed by atoms with van der Waals surface area (Å²) in [6.45, 7) is 0. The highest BCUT2D eigenvalue weighted by molar-refractivity contribution is 6.17. The third kappa shape index (κ3) is 5.90. The Morgan fingerprint density at radius 1 is 0.274 bits per heavy atom. The molecule has 0 radical (unpaired) electrons. The Labute approximate surface area is 358 Å². The van der Waals surface area contributed by atoms with Crippen LogP contribution in [0.1, 0.15) is 0 Å². The molecule has 5 heteroatoms. The topological polar surface area (TPSA) is 48.5 Å². The molecular formula is C57H37N5. The quantitative estimate of drug-likeness (QED) is 0.162. The number of fused-ring (bicyclic) bond motifs is 6. The Morgan fingerprint density at radius 3 is 1.45 bits per heavy atom. The Kier molecular flexibility index (Phi) is 8.42. The molecule has 0 unspecified atom stereocenters. The lowest BCUT2D eigenvalue weighted by Gasteiger charge is -2.16. The van der Waals surface area contributed by atoms with Gasteiger partial charge in [0.1, 0.15) is 0 Å². The first-order chi connectivity index (χ1) is 30.8. The summed E-state index contributed by atoms with van der Waals surface area (Å²) in [6, 6.07) is 79.3. The average molecular weight is 792 g/mol. The van der Waals surface area contributed by atoms with Gasteiger partial charge < -0.3 is 4.57 Å². The Hall–Kier alpha value is -8.41. The molecule has 0 aliphatic heterocycles. The highest BCUT2D eigenvalue weighted by Gasteiger charge is 2.23. The lowest BCUT2D eigenvalue weighted by Crippen LogP contribution is -2.08. The standard InChI is InChI=1S/C57H37N5/c1-4-19-38(20-5-1)41-25-18-26-42(35-41)55-58-56(60-57(59-55)62-49-31-14-10-27-44(49)45-28-11-15-32-50(45)62)47-30-13-17-34-52(47)61-51-33-16-12-29-46(51)54-48(40-23-8-3-9-24-40)36-43(37-53(54)61)39-21-6-2-7-22-39/h1-37H. The van der Waals surface area contributed by atoms with Crippen LogP contribution in [0.4, 0.5) is 0 Å². The van der Waals surface area contributed by atoms with Crippen LogP contribution >= 0.6 is 0 Å². The molecule has 5 nitrogen and oxygen atoms in total. The molecule has 0 aliphatic rings. The summed E-state index contributed by atoms with van der Waals surface area (Å²) < 4.78 is 4.58. The van der Waals surface area contributed by atoms with Crippen LogP contribution < -0.4 is 0 Å². The van der Waals surface area contributed by atoms with Crippen molar-refractivity contribution in [3.8, 4) is 67.8 Å². The van der Waals surface area contributed by atoms with Crippen LogP contribution in [0.25, 0.3) is 111 Å². The minimum absolute atomic E-state index is 0.558. The molecule has 0 fully saturated rings. The predicted octanol–water partition coefficient (Wildman–Crippen LogP) is 14.4. The van der Waals surface area contributed by atoms with Crippen molar-refractivity contribution in [2.75, 3.05) is 0 Å². The van der Waals surface area contributed by atoms with E-state index in [2.05, 4.69) is 228 Å². The lowest BCUT2D eigenvalue weighted by molar-refractivity contribution is 0.952. The van der Waals surface area contributed by atoms with Gasteiger partial charge in [-0.05, 0) is 81.9 Å². The molecule has 12 aromatic rings. The van der Waals surface area contributed by atoms with Crippen LogP contribution in [-0.4, -0.2) is 24.1 Å². The fourth-order valence-electron chi connectivity index (χ4n) is 9.18. The van der Waals surface area contributed by atoms with E-state index < -0.39 is 0 Å². The molecule has 3 aromatic heterocycles. The van der Waals surface area contributed by atoms with E-state index in [4.69, 9.17) is 15.0 Å². The molecule has 0 bridgehead atoms. The van der Waals surface area contributed by atoms with Gasteiger partial charge in [-0.15, -0.1) is 0 Å². The van der Waals surface area contributed by atoms with Gasteiger partial charge in [-0.3, -0.25) is 4.57 Å². The van der Waals surface area contributed by atoms with E-state index in [1.165, 1.54) is 21.9 Å². The molecule has 0 amide bonds. The third-order valence-electron chi connectivity index (χ3n) is 12.0. The third-order valence-corrected chi connectivity index (χ3v) is 12.0. The van der Waals surface area contributed by atoms with Gasteiger partial charge >= 0.3 is 0 Å². The molecule has 12 rings (SSSR count). The maximum atomic E-state index is 5.44. The van der Waals surface area contributed by atoms with Crippen LogP contribution in [0.2, 0.25) is 0 Å². The zero-order valence-electron chi connectivity index (χ0n) is 33.6. The van der Waals surface area contributed by atoms with Gasteiger partial charge in [0.25, 0.3) is 0 Å². The fraction of sp³-hybridized carbons (Fsp3) is 0. The van der Waals surface area contributed by atoms with Crippen LogP contribution in [0.3, 0.4) is 0 Å². The van der Waals surface area contributed by atoms with E-state index in [-0.39, 0.29) is 0 Å². The van der Waals surface area contributed by atoms with Crippen molar-refractivity contribution < 1.29 is 0 Å². The number of nitrogens with zero attached hydrogens (tertiary/aromatic N) is 5. The summed E-state index contributed by atoms with van der Waals surface area (Å²) in [5.74, 6) is 1.74. The molecule has 0 saturated carbocycles. The Balaban J connectivity index is 1.15. The SMILES string of the molecule is c1ccc(-c2cccc(-c3nc(-c4ccccc4-n4c5ccccc5c5c(-c6ccccc6)cc(-c6ccccc6)cc54)nc(-n4c5ccccc5c5ccccc54)n3)c2)cc1. The first kappa shape index (κ1) is 35.5. The Bertz CT molecular complexity index is 3570. The average Bonchev–Trinajstić information content (AvgIpc) is 3.87. The van der Waals surface area contributed by atoms with E-state index in [0.29, 0.717) is 17.6 Å². The number of aromatic nitrogens is 5. The molecular weight excluding hydrogens is 755 g/mol. The number of hydrogen-bond donors (Lipinski definition) is 0. The maximum absolute atomic E-state index is 5.44. The van der Waals surface area contributed by atoms with Crippen molar-refractivity contribution in [1.82, 2.24) is 24.1 Å². The van der Waals surface area contributed by atoms with E-state index in [9.17, 15) is 0 Å². The van der Waals surface area contributed by atoms with Gasteiger partial charge in [0.15, 0.2) is 11.6 Å². The largest absolute Gasteiger partial charge is 0.308 e. The zero-order chi connectivity index (χ0) is 41.0. The second-order valence-electron chi connectivity index (χ2n) is 15.6. The number of hydrogen-bond acceptors (Lipinski definition) is 3. The number of benzene rings is 9. The van der Waals surface area contributed by atoms with Crippen molar-refractivity contribution in [3.05, 3.63) is 224 Å². The van der Waals surface area contributed by atoms with Crippen LogP contribution in [0.15, 0.2) is 224 Å². The first-order valence-corrected chi connectivity index (χ1v) is 21.0. The summed E-state index contributed by atoms with van der Waals surface area (Å²) in [5.41, 5.74) is 13.9. The number of rotatable bonds is 7. The lowest BCUT2D eigenvalue weighted by atomic mass is 9.94. The van der Waals surface area contributed by atoms with Crippen molar-refractivity contribution in [2.45, 2.75) is 0 Å². The maximum Gasteiger partial charge on any atom is 0.238 e. The summed E-state index contributed by atoms with van der Waals surface area (Å²) in [5, 5.41) is 4.66. The van der Waals surface area contributed by atoms with Crippen molar-refractivity contribution in [2.24, 2.45) is 0 Å². The van der Waals surface area contributed by atoms with E-state index in [1.54, 1.807) is 0 Å². The summed E-state index contributed by atoms with van der Waals surface area (Å²) in [7, 11) is 0. The van der Waals surface area contributed by atoms with Crippen molar-refractivity contribution in [3.63, 3.8) is 0 Å². The normalized spacial score (nSPS) is 11.5. The highest BCUT2D eigenvalue weighted by atomic mass is 15.2. The van der Waals surface area contributed by atoms with Gasteiger partial charge in [-0.1, -0.05) is 176 Å². The molecule has 0 N–H and O–H groups in total. The van der Waals surface area contributed by atoms with Crippen LogP contribution in [-0.2, 0) is 0 Å². The monoisotopic (exact) mass is 791 g/mol. The summed E-state index contributed by atoms with van der Waals surface area (Å²) in [6.07, 6.45) is 0. The van der Waals surface area contributed by atoms with Crippen LogP contribution in [0, 0.1) is 0 Å². The molecule has 290 valence electrons. The molecule has 0 saturated heterocycles. The van der Waals surface area contributed by atoms with Crippen LogP contribution in [0.5, 0.6) is 0 Å². The van der Waals surface area contributed by atoms with Gasteiger partial charge in [-0.2, -0.15) is 9.97 Å². The van der Waals surface area contributed by atoms with E-state index in [0.717, 1.165) is 71.9 Å². The molecule has 0 atom stereocenters.